The molecule has 0 bridgehead atoms. The van der Waals surface area contributed by atoms with Gasteiger partial charge >= 0.3 is 0 Å². The number of hydrogen-bond acceptors (Lipinski definition) is 2. The van der Waals surface area contributed by atoms with Gasteiger partial charge in [-0.05, 0) is 55.6 Å². The highest BCUT2D eigenvalue weighted by molar-refractivity contribution is 5.55. The van der Waals surface area contributed by atoms with Gasteiger partial charge in [0, 0.05) is 18.8 Å². The maximum absolute atomic E-state index is 3.25. The lowest BCUT2D eigenvalue weighted by Crippen LogP contribution is -2.28. The molecule has 0 spiro atoms. The van der Waals surface area contributed by atoms with Gasteiger partial charge in [-0.3, -0.25) is 0 Å². The van der Waals surface area contributed by atoms with Crippen LogP contribution in [0.3, 0.4) is 0 Å². The van der Waals surface area contributed by atoms with E-state index in [1.165, 1.54) is 28.8 Å². The molecule has 0 fully saturated rings. The van der Waals surface area contributed by atoms with Crippen LogP contribution in [0.2, 0.25) is 0 Å². The number of nitrogens with zero attached hydrogens (tertiary/aromatic N) is 1. The zero-order valence-electron chi connectivity index (χ0n) is 12.8. The number of hydrogen-bond donors (Lipinski definition) is 1. The van der Waals surface area contributed by atoms with Crippen LogP contribution in [0.25, 0.3) is 0 Å². The van der Waals surface area contributed by atoms with E-state index < -0.39 is 0 Å². The van der Waals surface area contributed by atoms with Crippen LogP contribution >= 0.6 is 0 Å². The van der Waals surface area contributed by atoms with E-state index >= 15 is 0 Å². The summed E-state index contributed by atoms with van der Waals surface area (Å²) in [5, 5.41) is 3.25. The van der Waals surface area contributed by atoms with Crippen molar-refractivity contribution >= 4 is 5.69 Å². The molecule has 0 atom stereocenters. The quantitative estimate of drug-likeness (QED) is 0.864. The minimum absolute atomic E-state index is 1.02. The van der Waals surface area contributed by atoms with Gasteiger partial charge in [0.15, 0.2) is 0 Å². The van der Waals surface area contributed by atoms with Crippen molar-refractivity contribution in [3.63, 3.8) is 0 Å². The highest BCUT2D eigenvalue weighted by Crippen LogP contribution is 2.28. The molecule has 2 heteroatoms. The third-order valence-electron chi connectivity index (χ3n) is 4.33. The average molecular weight is 280 g/mol. The van der Waals surface area contributed by atoms with Crippen molar-refractivity contribution in [1.29, 1.82) is 0 Å². The van der Waals surface area contributed by atoms with Crippen LogP contribution < -0.4 is 10.2 Å². The first kappa shape index (κ1) is 14.2. The molecule has 110 valence electrons. The molecule has 2 nitrogen and oxygen atoms in total. The minimum Gasteiger partial charge on any atom is -0.367 e. The summed E-state index contributed by atoms with van der Waals surface area (Å²) in [6, 6.07) is 17.8. The highest BCUT2D eigenvalue weighted by atomic mass is 15.1. The normalized spacial score (nSPS) is 14.0. The summed E-state index contributed by atoms with van der Waals surface area (Å²) < 4.78 is 0. The Kier molecular flexibility index (Phi) is 4.56. The van der Waals surface area contributed by atoms with Gasteiger partial charge in [-0.15, -0.1) is 0 Å². The first-order valence-electron chi connectivity index (χ1n) is 7.92. The minimum atomic E-state index is 1.02. The number of aryl methyl sites for hydroxylation is 2. The molecule has 0 amide bonds. The molecule has 0 saturated carbocycles. The van der Waals surface area contributed by atoms with E-state index in [0.29, 0.717) is 0 Å². The number of fused-ring (bicyclic) bond motifs is 2. The van der Waals surface area contributed by atoms with Gasteiger partial charge in [0.05, 0.1) is 0 Å². The fourth-order valence-corrected chi connectivity index (χ4v) is 3.19. The fourth-order valence-electron chi connectivity index (χ4n) is 3.19. The summed E-state index contributed by atoms with van der Waals surface area (Å²) in [5.41, 5.74) is 5.89. The first-order valence-corrected chi connectivity index (χ1v) is 7.92. The standard InChI is InChI=1S/C19H24N2/c1-20-13-6-14-21-15-18-9-3-2-7-16(18)11-12-17-8-4-5-10-19(17)21/h2-5,7-10,20H,6,11-15H2,1H3. The molecule has 2 aromatic carbocycles. The van der Waals surface area contributed by atoms with Crippen LogP contribution in [-0.2, 0) is 19.4 Å². The van der Waals surface area contributed by atoms with E-state index in [-0.39, 0.29) is 0 Å². The van der Waals surface area contributed by atoms with Crippen LogP contribution in [0.1, 0.15) is 23.1 Å². The summed E-state index contributed by atoms with van der Waals surface area (Å²) in [4.78, 5) is 2.55. The summed E-state index contributed by atoms with van der Waals surface area (Å²) in [6.45, 7) is 3.20. The van der Waals surface area contributed by atoms with E-state index in [4.69, 9.17) is 0 Å². The lowest BCUT2D eigenvalue weighted by Gasteiger charge is -2.30. The van der Waals surface area contributed by atoms with Crippen molar-refractivity contribution < 1.29 is 0 Å². The maximum Gasteiger partial charge on any atom is 0.0432 e. The Morgan fingerprint density at radius 1 is 0.905 bits per heavy atom. The van der Waals surface area contributed by atoms with E-state index in [1.54, 1.807) is 0 Å². The third kappa shape index (κ3) is 3.27. The van der Waals surface area contributed by atoms with Gasteiger partial charge in [0.25, 0.3) is 0 Å². The fraction of sp³-hybridized carbons (Fsp3) is 0.368. The second-order valence-electron chi connectivity index (χ2n) is 5.78. The molecule has 2 aromatic rings. The van der Waals surface area contributed by atoms with Gasteiger partial charge in [0.2, 0.25) is 0 Å². The van der Waals surface area contributed by atoms with Crippen molar-refractivity contribution in [1.82, 2.24) is 5.32 Å². The lowest BCUT2D eigenvalue weighted by atomic mass is 9.95. The predicted molar refractivity (Wildman–Crippen MR) is 89.9 cm³/mol. The Labute approximate surface area is 127 Å². The van der Waals surface area contributed by atoms with Crippen molar-refractivity contribution in [2.45, 2.75) is 25.8 Å². The van der Waals surface area contributed by atoms with Gasteiger partial charge < -0.3 is 10.2 Å². The number of benzene rings is 2. The molecule has 3 rings (SSSR count). The van der Waals surface area contributed by atoms with Gasteiger partial charge in [-0.25, -0.2) is 0 Å². The zero-order chi connectivity index (χ0) is 14.5. The molecular formula is C19H24N2. The smallest absolute Gasteiger partial charge is 0.0432 e. The first-order chi connectivity index (χ1) is 10.4. The second kappa shape index (κ2) is 6.77. The number of rotatable bonds is 4. The second-order valence-corrected chi connectivity index (χ2v) is 5.78. The summed E-state index contributed by atoms with van der Waals surface area (Å²) in [6.07, 6.45) is 3.46. The van der Waals surface area contributed by atoms with E-state index in [1.807, 2.05) is 7.05 Å². The largest absolute Gasteiger partial charge is 0.367 e. The molecule has 1 heterocycles. The lowest BCUT2D eigenvalue weighted by molar-refractivity contribution is 0.674. The van der Waals surface area contributed by atoms with Gasteiger partial charge in [0.1, 0.15) is 0 Å². The molecule has 1 aliphatic rings. The topological polar surface area (TPSA) is 15.3 Å². The summed E-state index contributed by atoms with van der Waals surface area (Å²) in [7, 11) is 2.02. The number of anilines is 1. The predicted octanol–water partition coefficient (Wildman–Crippen LogP) is 3.40. The Morgan fingerprint density at radius 2 is 1.57 bits per heavy atom. The van der Waals surface area contributed by atoms with E-state index in [0.717, 1.165) is 32.5 Å². The molecule has 0 aliphatic carbocycles. The van der Waals surface area contributed by atoms with Crippen LogP contribution in [-0.4, -0.2) is 20.1 Å². The van der Waals surface area contributed by atoms with E-state index in [2.05, 4.69) is 58.7 Å². The van der Waals surface area contributed by atoms with Crippen molar-refractivity contribution in [3.8, 4) is 0 Å². The summed E-state index contributed by atoms with van der Waals surface area (Å²) in [5.74, 6) is 0. The SMILES string of the molecule is CNCCCN1Cc2ccccc2CCc2ccccc21. The Balaban J connectivity index is 1.90. The molecule has 21 heavy (non-hydrogen) atoms. The summed E-state index contributed by atoms with van der Waals surface area (Å²) >= 11 is 0. The molecule has 0 radical (unpaired) electrons. The molecule has 0 aromatic heterocycles. The average Bonchev–Trinajstić information content (AvgIpc) is 2.51. The number of nitrogens with one attached hydrogen (secondary N) is 1. The molecule has 0 unspecified atom stereocenters. The Hall–Kier alpha value is -1.80. The molecule has 1 aliphatic heterocycles. The number of para-hydroxylation sites is 1. The molecular weight excluding hydrogens is 256 g/mol. The van der Waals surface area contributed by atoms with Crippen LogP contribution in [0.4, 0.5) is 5.69 Å². The third-order valence-corrected chi connectivity index (χ3v) is 4.33. The zero-order valence-corrected chi connectivity index (χ0v) is 12.8. The van der Waals surface area contributed by atoms with Crippen molar-refractivity contribution in [2.24, 2.45) is 0 Å². The van der Waals surface area contributed by atoms with Crippen molar-refractivity contribution in [3.05, 3.63) is 65.2 Å². The van der Waals surface area contributed by atoms with E-state index in [9.17, 15) is 0 Å². The highest BCUT2D eigenvalue weighted by Gasteiger charge is 2.16. The van der Waals surface area contributed by atoms with Gasteiger partial charge in [-0.1, -0.05) is 42.5 Å². The van der Waals surface area contributed by atoms with Crippen LogP contribution in [0.5, 0.6) is 0 Å². The van der Waals surface area contributed by atoms with Crippen LogP contribution in [0, 0.1) is 0 Å². The van der Waals surface area contributed by atoms with Crippen LogP contribution in [0.15, 0.2) is 48.5 Å². The Morgan fingerprint density at radius 3 is 2.38 bits per heavy atom. The Bertz CT molecular complexity index is 592. The maximum atomic E-state index is 3.25. The monoisotopic (exact) mass is 280 g/mol. The van der Waals surface area contributed by atoms with Gasteiger partial charge in [-0.2, -0.15) is 0 Å². The molecule has 1 N–H and O–H groups in total. The van der Waals surface area contributed by atoms with Crippen molar-refractivity contribution in [2.75, 3.05) is 25.0 Å². The molecule has 0 saturated heterocycles.